The summed E-state index contributed by atoms with van der Waals surface area (Å²) in [5, 5.41) is 18.8. The van der Waals surface area contributed by atoms with Crippen LogP contribution in [0.4, 0.5) is 0 Å². The highest BCUT2D eigenvalue weighted by molar-refractivity contribution is 4.74. The molecule has 1 fully saturated rings. The van der Waals surface area contributed by atoms with Crippen molar-refractivity contribution in [3.8, 4) is 0 Å². The highest BCUT2D eigenvalue weighted by Crippen LogP contribution is 2.22. The maximum atomic E-state index is 9.55. The largest absolute Gasteiger partial charge is 0.390 e. The van der Waals surface area contributed by atoms with Crippen LogP contribution in [0, 0.1) is 0 Å². The molecule has 0 bridgehead atoms. The molecule has 3 heteroatoms. The van der Waals surface area contributed by atoms with Gasteiger partial charge in [0.05, 0.1) is 12.2 Å². The van der Waals surface area contributed by atoms with E-state index < -0.39 is 6.29 Å². The van der Waals surface area contributed by atoms with Gasteiger partial charge in [0.15, 0.2) is 6.29 Å². The summed E-state index contributed by atoms with van der Waals surface area (Å²) < 4.78 is 5.25. The van der Waals surface area contributed by atoms with Gasteiger partial charge in [0.2, 0.25) is 0 Å². The molecule has 0 radical (unpaired) electrons. The Morgan fingerprint density at radius 1 is 1.23 bits per heavy atom. The number of aliphatic hydroxyl groups is 2. The summed E-state index contributed by atoms with van der Waals surface area (Å²) in [6, 6.07) is 0. The summed E-state index contributed by atoms with van der Waals surface area (Å²) in [6.07, 6.45) is 4.33. The Kier molecular flexibility index (Phi) is 4.70. The molecule has 0 aliphatic carbocycles. The van der Waals surface area contributed by atoms with Crippen LogP contribution < -0.4 is 0 Å². The number of hydrogen-bond acceptors (Lipinski definition) is 3. The number of hydrogen-bond donors (Lipinski definition) is 2. The monoisotopic (exact) mass is 188 g/mol. The summed E-state index contributed by atoms with van der Waals surface area (Å²) in [5.41, 5.74) is 0. The van der Waals surface area contributed by atoms with Gasteiger partial charge < -0.3 is 14.9 Å². The molecule has 1 saturated heterocycles. The lowest BCUT2D eigenvalue weighted by Crippen LogP contribution is -2.38. The van der Waals surface area contributed by atoms with Crippen molar-refractivity contribution in [3.63, 3.8) is 0 Å². The van der Waals surface area contributed by atoms with Crippen molar-refractivity contribution in [1.82, 2.24) is 0 Å². The minimum absolute atomic E-state index is 0.143. The van der Waals surface area contributed by atoms with E-state index in [1.54, 1.807) is 0 Å². The Morgan fingerprint density at radius 3 is 2.69 bits per heavy atom. The van der Waals surface area contributed by atoms with Crippen LogP contribution in [0.15, 0.2) is 0 Å². The lowest BCUT2D eigenvalue weighted by atomic mass is 9.99. The lowest BCUT2D eigenvalue weighted by molar-refractivity contribution is -0.200. The second-order valence-electron chi connectivity index (χ2n) is 3.77. The van der Waals surface area contributed by atoms with Crippen LogP contribution in [0.5, 0.6) is 0 Å². The van der Waals surface area contributed by atoms with Crippen LogP contribution in [0.25, 0.3) is 0 Å². The minimum atomic E-state index is -0.657. The van der Waals surface area contributed by atoms with Gasteiger partial charge in [0.25, 0.3) is 0 Å². The molecule has 1 rings (SSSR count). The second kappa shape index (κ2) is 5.58. The molecular formula is C10H20O3. The molecule has 0 aromatic carbocycles. The van der Waals surface area contributed by atoms with Gasteiger partial charge in [0.1, 0.15) is 0 Å². The number of unbranched alkanes of at least 4 members (excludes halogenated alkanes) is 2. The topological polar surface area (TPSA) is 49.7 Å². The molecule has 1 aliphatic rings. The van der Waals surface area contributed by atoms with Gasteiger partial charge in [-0.2, -0.15) is 0 Å². The van der Waals surface area contributed by atoms with Gasteiger partial charge in [0, 0.05) is 6.42 Å². The molecule has 0 aromatic rings. The van der Waals surface area contributed by atoms with Gasteiger partial charge in [-0.3, -0.25) is 0 Å². The molecule has 1 heterocycles. The smallest absolute Gasteiger partial charge is 0.155 e. The zero-order valence-electron chi connectivity index (χ0n) is 8.28. The van der Waals surface area contributed by atoms with Crippen LogP contribution in [-0.4, -0.2) is 28.7 Å². The van der Waals surface area contributed by atoms with E-state index in [0.717, 1.165) is 12.8 Å². The van der Waals surface area contributed by atoms with Gasteiger partial charge >= 0.3 is 0 Å². The SMILES string of the molecule is CCCCCC1OC(O)CCC1O. The zero-order valence-corrected chi connectivity index (χ0v) is 8.28. The average molecular weight is 188 g/mol. The Bertz CT molecular complexity index is 138. The maximum absolute atomic E-state index is 9.55. The third kappa shape index (κ3) is 3.63. The van der Waals surface area contributed by atoms with Gasteiger partial charge in [-0.25, -0.2) is 0 Å². The van der Waals surface area contributed by atoms with E-state index in [9.17, 15) is 10.2 Å². The predicted molar refractivity (Wildman–Crippen MR) is 50.3 cm³/mol. The number of rotatable bonds is 4. The quantitative estimate of drug-likeness (QED) is 0.656. The first-order chi connectivity index (χ1) is 6.24. The molecule has 0 aromatic heterocycles. The highest BCUT2D eigenvalue weighted by atomic mass is 16.6. The van der Waals surface area contributed by atoms with Gasteiger partial charge in [-0.1, -0.05) is 26.2 Å². The molecule has 3 atom stereocenters. The Balaban J connectivity index is 2.21. The molecule has 3 nitrogen and oxygen atoms in total. The van der Waals surface area contributed by atoms with Crippen LogP contribution in [-0.2, 0) is 4.74 Å². The van der Waals surface area contributed by atoms with E-state index in [0.29, 0.717) is 12.8 Å². The molecule has 13 heavy (non-hydrogen) atoms. The molecular weight excluding hydrogens is 168 g/mol. The number of ether oxygens (including phenoxy) is 1. The van der Waals surface area contributed by atoms with E-state index in [1.165, 1.54) is 12.8 Å². The third-order valence-corrected chi connectivity index (χ3v) is 2.56. The minimum Gasteiger partial charge on any atom is -0.390 e. The summed E-state index contributed by atoms with van der Waals surface area (Å²) in [5.74, 6) is 0. The normalized spacial score (nSPS) is 34.8. The maximum Gasteiger partial charge on any atom is 0.155 e. The van der Waals surface area contributed by atoms with E-state index in [2.05, 4.69) is 6.92 Å². The van der Waals surface area contributed by atoms with E-state index in [-0.39, 0.29) is 12.2 Å². The first-order valence-corrected chi connectivity index (χ1v) is 5.25. The first kappa shape index (κ1) is 11.0. The van der Waals surface area contributed by atoms with Gasteiger partial charge in [-0.15, -0.1) is 0 Å². The standard InChI is InChI=1S/C10H20O3/c1-2-3-4-5-9-8(11)6-7-10(12)13-9/h8-12H,2-7H2,1H3. The second-order valence-corrected chi connectivity index (χ2v) is 3.77. The average Bonchev–Trinajstić information content (AvgIpc) is 2.11. The summed E-state index contributed by atoms with van der Waals surface area (Å²) in [7, 11) is 0. The molecule has 0 saturated carbocycles. The Morgan fingerprint density at radius 2 is 2.00 bits per heavy atom. The van der Waals surface area contributed by atoms with Crippen molar-refractivity contribution >= 4 is 0 Å². The summed E-state index contributed by atoms with van der Waals surface area (Å²) in [6.45, 7) is 2.15. The lowest BCUT2D eigenvalue weighted by Gasteiger charge is -2.31. The zero-order chi connectivity index (χ0) is 9.68. The van der Waals surface area contributed by atoms with Crippen LogP contribution >= 0.6 is 0 Å². The number of aliphatic hydroxyl groups excluding tert-OH is 2. The first-order valence-electron chi connectivity index (χ1n) is 5.25. The van der Waals surface area contributed by atoms with Crippen LogP contribution in [0.3, 0.4) is 0 Å². The van der Waals surface area contributed by atoms with Crippen molar-refractivity contribution in [2.24, 2.45) is 0 Å². The predicted octanol–water partition coefficient (Wildman–Crippen LogP) is 1.43. The summed E-state index contributed by atoms with van der Waals surface area (Å²) >= 11 is 0. The molecule has 2 N–H and O–H groups in total. The van der Waals surface area contributed by atoms with E-state index in [4.69, 9.17) is 4.74 Å². The van der Waals surface area contributed by atoms with Crippen molar-refractivity contribution in [2.45, 2.75) is 63.9 Å². The third-order valence-electron chi connectivity index (χ3n) is 2.56. The fourth-order valence-corrected chi connectivity index (χ4v) is 1.72. The van der Waals surface area contributed by atoms with Crippen molar-refractivity contribution in [1.29, 1.82) is 0 Å². The van der Waals surface area contributed by atoms with Crippen LogP contribution in [0.2, 0.25) is 0 Å². The Hall–Kier alpha value is -0.120. The molecule has 0 spiro atoms. The highest BCUT2D eigenvalue weighted by Gasteiger charge is 2.27. The van der Waals surface area contributed by atoms with Crippen molar-refractivity contribution in [2.75, 3.05) is 0 Å². The molecule has 3 unspecified atom stereocenters. The van der Waals surface area contributed by atoms with E-state index >= 15 is 0 Å². The molecule has 1 aliphatic heterocycles. The van der Waals surface area contributed by atoms with Crippen molar-refractivity contribution in [3.05, 3.63) is 0 Å². The van der Waals surface area contributed by atoms with Crippen LogP contribution in [0.1, 0.15) is 45.4 Å². The van der Waals surface area contributed by atoms with Crippen molar-refractivity contribution < 1.29 is 14.9 Å². The fraction of sp³-hybridized carbons (Fsp3) is 1.00. The fourth-order valence-electron chi connectivity index (χ4n) is 1.72. The van der Waals surface area contributed by atoms with Gasteiger partial charge in [-0.05, 0) is 12.8 Å². The molecule has 78 valence electrons. The van der Waals surface area contributed by atoms with E-state index in [1.807, 2.05) is 0 Å². The molecule has 0 amide bonds. The Labute approximate surface area is 79.7 Å². The summed E-state index contributed by atoms with van der Waals surface area (Å²) in [4.78, 5) is 0.